The van der Waals surface area contributed by atoms with Crippen LogP contribution in [0, 0.1) is 29.6 Å². The highest BCUT2D eigenvalue weighted by Crippen LogP contribution is 2.68. The molecule has 1 aromatic carbocycles. The Hall–Kier alpha value is -2.59. The number of carbonyl (C=O) groups excluding carboxylic acids is 2. The Labute approximate surface area is 209 Å². The van der Waals surface area contributed by atoms with Gasteiger partial charge in [-0.2, -0.15) is 0 Å². The van der Waals surface area contributed by atoms with Crippen molar-refractivity contribution in [3.8, 4) is 5.75 Å². The summed E-state index contributed by atoms with van der Waals surface area (Å²) in [6, 6.07) is 7.12. The molecular formula is C25H26N2O6S2. The molecular weight excluding hydrogens is 488 g/mol. The number of aliphatic carboxylic acids is 1. The normalized spacial score (nSPS) is 32.6. The van der Waals surface area contributed by atoms with Crippen LogP contribution < -0.4 is 4.87 Å². The van der Waals surface area contributed by atoms with Gasteiger partial charge in [0.1, 0.15) is 5.75 Å². The number of unbranched alkanes of at least 4 members (excludes halogenated alkanes) is 2. The van der Waals surface area contributed by atoms with Crippen LogP contribution in [0.1, 0.15) is 48.5 Å². The molecule has 3 heterocycles. The number of imide groups is 1. The molecule has 2 amide bonds. The average Bonchev–Trinajstić information content (AvgIpc) is 3.54. The highest BCUT2D eigenvalue weighted by molar-refractivity contribution is 8.00. The number of rotatable bonds is 7. The van der Waals surface area contributed by atoms with Crippen molar-refractivity contribution >= 4 is 40.9 Å². The number of H-pyrrole nitrogens is 1. The van der Waals surface area contributed by atoms with E-state index in [0.717, 1.165) is 21.9 Å². The van der Waals surface area contributed by atoms with E-state index in [0.29, 0.717) is 25.8 Å². The minimum Gasteiger partial charge on any atom is -0.508 e. The zero-order valence-corrected chi connectivity index (χ0v) is 20.5. The quantitative estimate of drug-likeness (QED) is 0.382. The van der Waals surface area contributed by atoms with Crippen LogP contribution in [0.3, 0.4) is 0 Å². The number of nitrogens with one attached hydrogen (secondary N) is 1. The summed E-state index contributed by atoms with van der Waals surface area (Å²) < 4.78 is 0. The third kappa shape index (κ3) is 3.56. The van der Waals surface area contributed by atoms with Gasteiger partial charge in [0.05, 0.1) is 16.9 Å². The third-order valence-corrected chi connectivity index (χ3v) is 10.9. The summed E-state index contributed by atoms with van der Waals surface area (Å²) in [7, 11) is 0. The van der Waals surface area contributed by atoms with Gasteiger partial charge in [0.15, 0.2) is 0 Å². The van der Waals surface area contributed by atoms with Crippen LogP contribution in [0.25, 0.3) is 0 Å². The van der Waals surface area contributed by atoms with E-state index in [2.05, 4.69) is 4.98 Å². The fraction of sp³-hybridized carbons (Fsp3) is 0.520. The molecule has 1 aromatic heterocycles. The number of phenolic OH excluding ortho intramolecular Hbond substituents is 1. The highest BCUT2D eigenvalue weighted by Gasteiger charge is 2.69. The summed E-state index contributed by atoms with van der Waals surface area (Å²) in [5, 5.41) is 19.6. The first-order valence-corrected chi connectivity index (χ1v) is 13.8. The lowest BCUT2D eigenvalue weighted by molar-refractivity contribution is -0.141. The number of thiazole rings is 1. The molecule has 2 aliphatic carbocycles. The zero-order chi connectivity index (χ0) is 24.4. The maximum atomic E-state index is 13.5. The van der Waals surface area contributed by atoms with Crippen LogP contribution in [-0.2, 0) is 14.4 Å². The Morgan fingerprint density at radius 1 is 1.03 bits per heavy atom. The Kier molecular flexibility index (Phi) is 5.56. The Balaban J connectivity index is 1.28. The fourth-order valence-corrected chi connectivity index (χ4v) is 9.97. The van der Waals surface area contributed by atoms with E-state index < -0.39 is 5.97 Å². The molecule has 10 heteroatoms. The van der Waals surface area contributed by atoms with Gasteiger partial charge in [-0.25, -0.2) is 0 Å². The Morgan fingerprint density at radius 2 is 1.74 bits per heavy atom. The number of carboxylic acid groups (broad SMARTS) is 1. The predicted octanol–water partition coefficient (Wildman–Crippen LogP) is 3.26. The number of aromatic amines is 1. The van der Waals surface area contributed by atoms with Crippen LogP contribution in [-0.4, -0.2) is 49.7 Å². The number of benzene rings is 1. The minimum atomic E-state index is -0.831. The Bertz CT molecular complexity index is 1250. The monoisotopic (exact) mass is 514 g/mol. The van der Waals surface area contributed by atoms with Gasteiger partial charge in [-0.05, 0) is 54.7 Å². The number of hydrogen-bond acceptors (Lipinski definition) is 7. The highest BCUT2D eigenvalue weighted by atomic mass is 32.2. The minimum absolute atomic E-state index is 0.0512. The molecule has 2 aromatic rings. The largest absolute Gasteiger partial charge is 0.508 e. The number of amides is 2. The molecule has 2 saturated carbocycles. The van der Waals surface area contributed by atoms with E-state index in [1.165, 1.54) is 16.2 Å². The molecule has 6 rings (SSSR count). The first kappa shape index (κ1) is 22.8. The molecule has 3 fully saturated rings. The van der Waals surface area contributed by atoms with Crippen LogP contribution in [0.4, 0.5) is 0 Å². The number of aromatic nitrogens is 1. The van der Waals surface area contributed by atoms with Gasteiger partial charge in [0, 0.05) is 29.0 Å². The van der Waals surface area contributed by atoms with E-state index in [-0.39, 0.29) is 69.6 Å². The summed E-state index contributed by atoms with van der Waals surface area (Å²) in [4.78, 5) is 55.2. The lowest BCUT2D eigenvalue weighted by atomic mass is 9.68. The van der Waals surface area contributed by atoms with Crippen molar-refractivity contribution in [3.63, 3.8) is 0 Å². The van der Waals surface area contributed by atoms with Crippen LogP contribution in [0.5, 0.6) is 5.75 Å². The van der Waals surface area contributed by atoms with Gasteiger partial charge >= 0.3 is 10.8 Å². The molecule has 184 valence electrons. The maximum Gasteiger partial charge on any atom is 0.305 e. The average molecular weight is 515 g/mol. The number of carbonyl (C=O) groups is 3. The smallest absolute Gasteiger partial charge is 0.305 e. The number of hydrogen-bond donors (Lipinski definition) is 3. The standard InChI is InChI=1S/C25H26N2O6S2/c28-12-7-5-11(6-8-12)16-17-13-10-14(20(17)34-22-21(16)35-25(33)26-22)19-18(13)23(31)27(24(19)32)9-3-1-2-4-15(29)30/h5-8,13-14,16-20,28H,1-4,9-10H2,(H,26,33)(H,29,30)/t13-,14-,16-,17-,18+,19-,20+/m1/s1. The summed E-state index contributed by atoms with van der Waals surface area (Å²) >= 11 is 2.88. The number of nitrogens with zero attached hydrogens (tertiary/aromatic N) is 1. The van der Waals surface area contributed by atoms with Crippen molar-refractivity contribution in [1.29, 1.82) is 0 Å². The molecule has 1 saturated heterocycles. The molecule has 2 aliphatic heterocycles. The number of likely N-dealkylation sites (tertiary alicyclic amines) is 1. The number of fused-ring (bicyclic) bond motifs is 9. The summed E-state index contributed by atoms with van der Waals surface area (Å²) in [6.07, 6.45) is 2.77. The van der Waals surface area contributed by atoms with Gasteiger partial charge in [-0.1, -0.05) is 29.9 Å². The molecule has 35 heavy (non-hydrogen) atoms. The molecule has 0 radical (unpaired) electrons. The second-order valence-electron chi connectivity index (χ2n) is 10.1. The van der Waals surface area contributed by atoms with Crippen LogP contribution >= 0.6 is 23.1 Å². The van der Waals surface area contributed by atoms with Gasteiger partial charge in [0.2, 0.25) is 11.8 Å². The zero-order valence-electron chi connectivity index (χ0n) is 18.9. The third-order valence-electron chi connectivity index (χ3n) is 8.34. The van der Waals surface area contributed by atoms with Crippen LogP contribution in [0.15, 0.2) is 34.1 Å². The molecule has 4 aliphatic rings. The van der Waals surface area contributed by atoms with Crippen molar-refractivity contribution < 1.29 is 24.6 Å². The van der Waals surface area contributed by atoms with E-state index in [1.807, 2.05) is 12.1 Å². The topological polar surface area (TPSA) is 128 Å². The fourth-order valence-electron chi connectivity index (χ4n) is 7.08. The lowest BCUT2D eigenvalue weighted by Crippen LogP contribution is -2.42. The first-order chi connectivity index (χ1) is 16.8. The summed E-state index contributed by atoms with van der Waals surface area (Å²) in [5.74, 6) is -1.17. The summed E-state index contributed by atoms with van der Waals surface area (Å²) in [5.41, 5.74) is 1.02. The van der Waals surface area contributed by atoms with Crippen molar-refractivity contribution in [2.75, 3.05) is 6.54 Å². The molecule has 3 N–H and O–H groups in total. The van der Waals surface area contributed by atoms with Crippen LogP contribution in [0.2, 0.25) is 0 Å². The molecule has 8 nitrogen and oxygen atoms in total. The van der Waals surface area contributed by atoms with Crippen molar-refractivity contribution in [2.45, 2.75) is 48.3 Å². The van der Waals surface area contributed by atoms with Gasteiger partial charge in [-0.15, -0.1) is 11.8 Å². The molecule has 7 atom stereocenters. The SMILES string of the molecule is O=C(O)CCCCCN1C(=O)[C@@H]2[C@H]3C[C@@H]([C@@H]2C1=O)[C@@H]1[C@@H](c2ccc(O)cc2)c2sc(=O)[nH]c2S[C@@H]31. The van der Waals surface area contributed by atoms with Gasteiger partial charge in [-0.3, -0.25) is 24.1 Å². The van der Waals surface area contributed by atoms with E-state index in [9.17, 15) is 24.3 Å². The number of carboxylic acids is 1. The molecule has 0 spiro atoms. The van der Waals surface area contributed by atoms with Crippen molar-refractivity contribution in [1.82, 2.24) is 9.88 Å². The molecule has 2 bridgehead atoms. The molecule has 0 unspecified atom stereocenters. The van der Waals surface area contributed by atoms with E-state index in [4.69, 9.17) is 5.11 Å². The van der Waals surface area contributed by atoms with Crippen molar-refractivity contribution in [3.05, 3.63) is 44.4 Å². The second kappa shape index (κ2) is 8.51. The number of phenols is 1. The number of thioether (sulfide) groups is 1. The van der Waals surface area contributed by atoms with Gasteiger partial charge < -0.3 is 15.2 Å². The van der Waals surface area contributed by atoms with E-state index >= 15 is 0 Å². The predicted molar refractivity (Wildman–Crippen MR) is 129 cm³/mol. The van der Waals surface area contributed by atoms with E-state index in [1.54, 1.807) is 23.9 Å². The van der Waals surface area contributed by atoms with Crippen molar-refractivity contribution in [2.24, 2.45) is 29.6 Å². The van der Waals surface area contributed by atoms with Gasteiger partial charge in [0.25, 0.3) is 0 Å². The summed E-state index contributed by atoms with van der Waals surface area (Å²) in [6.45, 7) is 0.355. The second-order valence-corrected chi connectivity index (χ2v) is 12.3. The first-order valence-electron chi connectivity index (χ1n) is 12.1. The Morgan fingerprint density at radius 3 is 2.46 bits per heavy atom. The lowest BCUT2D eigenvalue weighted by Gasteiger charge is -2.43. The maximum absolute atomic E-state index is 13.5. The number of aromatic hydroxyl groups is 1.